The molecule has 5 heteroatoms. The Morgan fingerprint density at radius 2 is 2.29 bits per heavy atom. The van der Waals surface area contributed by atoms with E-state index in [9.17, 15) is 0 Å². The number of hydrogen-bond donors (Lipinski definition) is 2. The van der Waals surface area contributed by atoms with E-state index in [0.29, 0.717) is 18.1 Å². The van der Waals surface area contributed by atoms with E-state index in [1.807, 2.05) is 25.3 Å². The van der Waals surface area contributed by atoms with E-state index in [2.05, 4.69) is 15.0 Å². The SMILES string of the molecule is Cc1c[nH]c2c(N)nc(Cc3ccco3)nc12. The highest BCUT2D eigenvalue weighted by Gasteiger charge is 2.10. The lowest BCUT2D eigenvalue weighted by molar-refractivity contribution is 0.517. The molecule has 0 fully saturated rings. The highest BCUT2D eigenvalue weighted by Crippen LogP contribution is 2.20. The Balaban J connectivity index is 2.08. The number of anilines is 1. The summed E-state index contributed by atoms with van der Waals surface area (Å²) in [5.74, 6) is 1.98. The van der Waals surface area contributed by atoms with E-state index in [0.717, 1.165) is 22.4 Å². The molecule has 86 valence electrons. The third kappa shape index (κ3) is 1.65. The molecule has 0 bridgehead atoms. The smallest absolute Gasteiger partial charge is 0.151 e. The van der Waals surface area contributed by atoms with Crippen molar-refractivity contribution in [1.82, 2.24) is 15.0 Å². The summed E-state index contributed by atoms with van der Waals surface area (Å²) in [6.07, 6.45) is 4.07. The molecule has 0 unspecified atom stereocenters. The molecular formula is C12H12N4O. The molecule has 0 saturated carbocycles. The van der Waals surface area contributed by atoms with E-state index in [4.69, 9.17) is 10.2 Å². The molecule has 0 aromatic carbocycles. The summed E-state index contributed by atoms with van der Waals surface area (Å²) in [5.41, 5.74) is 8.62. The van der Waals surface area contributed by atoms with Gasteiger partial charge < -0.3 is 15.1 Å². The highest BCUT2D eigenvalue weighted by atomic mass is 16.3. The minimum atomic E-state index is 0.477. The number of nitrogens with one attached hydrogen (secondary N) is 1. The van der Waals surface area contributed by atoms with Crippen LogP contribution in [0.2, 0.25) is 0 Å². The molecule has 0 amide bonds. The maximum atomic E-state index is 5.89. The summed E-state index contributed by atoms with van der Waals surface area (Å²) >= 11 is 0. The summed E-state index contributed by atoms with van der Waals surface area (Å²) in [5, 5.41) is 0. The fourth-order valence-electron chi connectivity index (χ4n) is 1.85. The van der Waals surface area contributed by atoms with Gasteiger partial charge in [0.25, 0.3) is 0 Å². The molecule has 0 radical (unpaired) electrons. The molecule has 0 aliphatic rings. The fraction of sp³-hybridized carbons (Fsp3) is 0.167. The molecule has 3 rings (SSSR count). The second-order valence-corrected chi connectivity index (χ2v) is 3.98. The van der Waals surface area contributed by atoms with Gasteiger partial charge in [0.15, 0.2) is 5.82 Å². The Kier molecular flexibility index (Phi) is 2.11. The van der Waals surface area contributed by atoms with Crippen LogP contribution in [0.5, 0.6) is 0 Å². The lowest BCUT2D eigenvalue weighted by atomic mass is 10.2. The number of hydrogen-bond acceptors (Lipinski definition) is 4. The van der Waals surface area contributed by atoms with Crippen molar-refractivity contribution in [3.8, 4) is 0 Å². The van der Waals surface area contributed by atoms with Gasteiger partial charge in [-0.05, 0) is 24.6 Å². The van der Waals surface area contributed by atoms with Gasteiger partial charge in [-0.15, -0.1) is 0 Å². The second-order valence-electron chi connectivity index (χ2n) is 3.98. The first-order chi connectivity index (χ1) is 8.24. The Hall–Kier alpha value is -2.30. The third-order valence-corrected chi connectivity index (χ3v) is 2.70. The lowest BCUT2D eigenvalue weighted by Crippen LogP contribution is -2.01. The van der Waals surface area contributed by atoms with Crippen molar-refractivity contribution in [3.05, 3.63) is 41.7 Å². The number of aromatic nitrogens is 3. The van der Waals surface area contributed by atoms with Crippen LogP contribution in [-0.2, 0) is 6.42 Å². The molecule has 3 heterocycles. The minimum absolute atomic E-state index is 0.477. The molecular weight excluding hydrogens is 216 g/mol. The van der Waals surface area contributed by atoms with Gasteiger partial charge in [-0.1, -0.05) is 0 Å². The Morgan fingerprint density at radius 1 is 1.41 bits per heavy atom. The van der Waals surface area contributed by atoms with Crippen LogP contribution in [0.15, 0.2) is 29.0 Å². The quantitative estimate of drug-likeness (QED) is 0.703. The van der Waals surface area contributed by atoms with Crippen molar-refractivity contribution >= 4 is 16.9 Å². The van der Waals surface area contributed by atoms with Crippen molar-refractivity contribution in [2.24, 2.45) is 0 Å². The summed E-state index contributed by atoms with van der Waals surface area (Å²) in [6.45, 7) is 1.99. The van der Waals surface area contributed by atoms with Gasteiger partial charge in [-0.25, -0.2) is 9.97 Å². The van der Waals surface area contributed by atoms with Crippen LogP contribution in [0.4, 0.5) is 5.82 Å². The van der Waals surface area contributed by atoms with Crippen molar-refractivity contribution in [2.45, 2.75) is 13.3 Å². The van der Waals surface area contributed by atoms with Crippen LogP contribution in [-0.4, -0.2) is 15.0 Å². The second kappa shape index (κ2) is 3.62. The zero-order chi connectivity index (χ0) is 11.8. The molecule has 0 saturated heterocycles. The Labute approximate surface area is 97.7 Å². The van der Waals surface area contributed by atoms with Gasteiger partial charge >= 0.3 is 0 Å². The van der Waals surface area contributed by atoms with Crippen LogP contribution in [0.25, 0.3) is 11.0 Å². The first-order valence-corrected chi connectivity index (χ1v) is 5.36. The predicted octanol–water partition coefficient (Wildman–Crippen LogP) is 2.03. The zero-order valence-electron chi connectivity index (χ0n) is 9.40. The summed E-state index contributed by atoms with van der Waals surface area (Å²) in [6, 6.07) is 3.74. The molecule has 3 aromatic rings. The number of aryl methyl sites for hydroxylation is 1. The van der Waals surface area contributed by atoms with Crippen LogP contribution in [0, 0.1) is 6.92 Å². The number of furan rings is 1. The van der Waals surface area contributed by atoms with Crippen molar-refractivity contribution in [2.75, 3.05) is 5.73 Å². The standard InChI is InChI=1S/C12H12N4O/c1-7-6-14-11-10(7)15-9(16-12(11)13)5-8-3-2-4-17-8/h2-4,6,14H,5H2,1H3,(H2,13,15,16). The van der Waals surface area contributed by atoms with E-state index in [1.54, 1.807) is 6.26 Å². The van der Waals surface area contributed by atoms with Gasteiger partial charge in [0, 0.05) is 6.20 Å². The first-order valence-electron chi connectivity index (χ1n) is 5.36. The fourth-order valence-corrected chi connectivity index (χ4v) is 1.85. The van der Waals surface area contributed by atoms with Gasteiger partial charge in [0.1, 0.15) is 17.1 Å². The van der Waals surface area contributed by atoms with Crippen LogP contribution >= 0.6 is 0 Å². The predicted molar refractivity (Wildman–Crippen MR) is 64.6 cm³/mol. The summed E-state index contributed by atoms with van der Waals surface area (Å²) in [4.78, 5) is 11.8. The van der Waals surface area contributed by atoms with Gasteiger partial charge in [-0.3, -0.25) is 0 Å². The van der Waals surface area contributed by atoms with E-state index < -0.39 is 0 Å². The average Bonchev–Trinajstić information content (AvgIpc) is 2.90. The average molecular weight is 228 g/mol. The maximum absolute atomic E-state index is 5.89. The summed E-state index contributed by atoms with van der Waals surface area (Å²) < 4.78 is 5.27. The number of nitrogens with zero attached hydrogens (tertiary/aromatic N) is 2. The van der Waals surface area contributed by atoms with E-state index in [-0.39, 0.29) is 0 Å². The number of rotatable bonds is 2. The molecule has 3 N–H and O–H groups in total. The van der Waals surface area contributed by atoms with Crippen LogP contribution in [0.1, 0.15) is 17.1 Å². The molecule has 3 aromatic heterocycles. The normalized spacial score (nSPS) is 11.1. The molecule has 0 aliphatic carbocycles. The first kappa shape index (κ1) is 9.89. The topological polar surface area (TPSA) is 80.7 Å². The molecule has 0 aliphatic heterocycles. The van der Waals surface area contributed by atoms with Crippen LogP contribution < -0.4 is 5.73 Å². The van der Waals surface area contributed by atoms with Crippen molar-refractivity contribution in [3.63, 3.8) is 0 Å². The molecule has 5 nitrogen and oxygen atoms in total. The number of nitrogens with two attached hydrogens (primary N) is 1. The monoisotopic (exact) mass is 228 g/mol. The number of nitrogen functional groups attached to an aromatic ring is 1. The Morgan fingerprint density at radius 3 is 3.06 bits per heavy atom. The van der Waals surface area contributed by atoms with E-state index in [1.165, 1.54) is 0 Å². The minimum Gasteiger partial charge on any atom is -0.469 e. The largest absolute Gasteiger partial charge is 0.469 e. The van der Waals surface area contributed by atoms with Gasteiger partial charge in [0.05, 0.1) is 18.2 Å². The van der Waals surface area contributed by atoms with Crippen molar-refractivity contribution in [1.29, 1.82) is 0 Å². The van der Waals surface area contributed by atoms with E-state index >= 15 is 0 Å². The molecule has 0 atom stereocenters. The number of H-pyrrole nitrogens is 1. The van der Waals surface area contributed by atoms with Gasteiger partial charge in [0.2, 0.25) is 0 Å². The molecule has 17 heavy (non-hydrogen) atoms. The molecule has 0 spiro atoms. The Bertz CT molecular complexity index is 655. The van der Waals surface area contributed by atoms with Gasteiger partial charge in [-0.2, -0.15) is 0 Å². The highest BCUT2D eigenvalue weighted by molar-refractivity contribution is 5.87. The van der Waals surface area contributed by atoms with Crippen LogP contribution in [0.3, 0.4) is 0 Å². The van der Waals surface area contributed by atoms with Crippen molar-refractivity contribution < 1.29 is 4.42 Å². The maximum Gasteiger partial charge on any atom is 0.151 e. The zero-order valence-corrected chi connectivity index (χ0v) is 9.40. The third-order valence-electron chi connectivity index (χ3n) is 2.70. The lowest BCUT2D eigenvalue weighted by Gasteiger charge is -2.01. The number of fused-ring (bicyclic) bond motifs is 1. The number of aromatic amines is 1. The summed E-state index contributed by atoms with van der Waals surface area (Å²) in [7, 11) is 0.